The predicted molar refractivity (Wildman–Crippen MR) is 77.6 cm³/mol. The molecule has 1 amide bonds. The number of carbonyl (C=O) groups is 1. The first kappa shape index (κ1) is 15.4. The Hall–Kier alpha value is -1.68. The van der Waals surface area contributed by atoms with Gasteiger partial charge in [0.25, 0.3) is 0 Å². The Balaban J connectivity index is 2.64. The first-order valence-corrected chi connectivity index (χ1v) is 6.49. The van der Waals surface area contributed by atoms with Crippen molar-refractivity contribution >= 4 is 5.91 Å². The van der Waals surface area contributed by atoms with E-state index < -0.39 is 0 Å². The van der Waals surface area contributed by atoms with Gasteiger partial charge < -0.3 is 9.80 Å². The third-order valence-corrected chi connectivity index (χ3v) is 2.78. The third-order valence-electron chi connectivity index (χ3n) is 2.78. The minimum absolute atomic E-state index is 0.0163. The average Bonchev–Trinajstić information content (AvgIpc) is 2.37. The van der Waals surface area contributed by atoms with Crippen LogP contribution in [0, 0.1) is 0 Å². The summed E-state index contributed by atoms with van der Waals surface area (Å²) in [5.41, 5.74) is 1.62. The van der Waals surface area contributed by atoms with Crippen LogP contribution in [-0.2, 0) is 11.3 Å². The van der Waals surface area contributed by atoms with Crippen LogP contribution in [0.5, 0.6) is 0 Å². The van der Waals surface area contributed by atoms with Crippen LogP contribution in [0.3, 0.4) is 0 Å². The topological polar surface area (TPSA) is 36.4 Å². The van der Waals surface area contributed by atoms with E-state index in [2.05, 4.69) is 16.5 Å². The molecular formula is C15H23N3O. The molecule has 0 saturated heterocycles. The standard InChI is InChI=1S/C15H23N3O/c1-13(2)15(19)18(10-6-9-17(3)4)12-14-7-5-8-16-11-14/h5,7-8,11H,1,6,9-10,12H2,2-4H3. The molecule has 1 aromatic rings. The number of aromatic nitrogens is 1. The lowest BCUT2D eigenvalue weighted by Gasteiger charge is -2.23. The molecule has 0 radical (unpaired) electrons. The van der Waals surface area contributed by atoms with Gasteiger partial charge in [0.2, 0.25) is 5.91 Å². The van der Waals surface area contributed by atoms with Crippen LogP contribution < -0.4 is 0 Å². The molecule has 0 aromatic carbocycles. The van der Waals surface area contributed by atoms with Gasteiger partial charge in [-0.05, 0) is 45.6 Å². The van der Waals surface area contributed by atoms with Gasteiger partial charge in [0, 0.05) is 31.1 Å². The van der Waals surface area contributed by atoms with Crippen LogP contribution in [0.25, 0.3) is 0 Å². The highest BCUT2D eigenvalue weighted by molar-refractivity contribution is 5.92. The van der Waals surface area contributed by atoms with Crippen LogP contribution in [0.2, 0.25) is 0 Å². The quantitative estimate of drug-likeness (QED) is 0.704. The van der Waals surface area contributed by atoms with Crippen molar-refractivity contribution in [3.05, 3.63) is 42.2 Å². The van der Waals surface area contributed by atoms with Gasteiger partial charge in [0.15, 0.2) is 0 Å². The molecule has 0 bridgehead atoms. The van der Waals surface area contributed by atoms with Crippen molar-refractivity contribution in [2.24, 2.45) is 0 Å². The summed E-state index contributed by atoms with van der Waals surface area (Å²) in [5, 5.41) is 0. The number of amides is 1. The largest absolute Gasteiger partial charge is 0.335 e. The van der Waals surface area contributed by atoms with Crippen LogP contribution in [0.1, 0.15) is 18.9 Å². The number of rotatable bonds is 7. The molecule has 19 heavy (non-hydrogen) atoms. The fourth-order valence-electron chi connectivity index (χ4n) is 1.81. The fourth-order valence-corrected chi connectivity index (χ4v) is 1.81. The molecule has 0 atom stereocenters. The molecule has 0 spiro atoms. The lowest BCUT2D eigenvalue weighted by molar-refractivity contribution is -0.127. The maximum atomic E-state index is 12.1. The maximum Gasteiger partial charge on any atom is 0.249 e. The van der Waals surface area contributed by atoms with Crippen LogP contribution >= 0.6 is 0 Å². The minimum atomic E-state index is 0.0163. The number of pyridine rings is 1. The van der Waals surface area contributed by atoms with E-state index in [1.54, 1.807) is 19.3 Å². The smallest absolute Gasteiger partial charge is 0.249 e. The highest BCUT2D eigenvalue weighted by Crippen LogP contribution is 2.07. The molecule has 0 aliphatic rings. The third kappa shape index (κ3) is 5.66. The summed E-state index contributed by atoms with van der Waals surface area (Å²) < 4.78 is 0. The Morgan fingerprint density at radius 1 is 1.37 bits per heavy atom. The summed E-state index contributed by atoms with van der Waals surface area (Å²) in [5.74, 6) is 0.0163. The average molecular weight is 261 g/mol. The zero-order valence-corrected chi connectivity index (χ0v) is 12.1. The maximum absolute atomic E-state index is 12.1. The highest BCUT2D eigenvalue weighted by Gasteiger charge is 2.14. The van der Waals surface area contributed by atoms with E-state index in [9.17, 15) is 4.79 Å². The Bertz CT molecular complexity index is 415. The first-order valence-electron chi connectivity index (χ1n) is 6.49. The van der Waals surface area contributed by atoms with Crippen LogP contribution in [0.15, 0.2) is 36.7 Å². The van der Waals surface area contributed by atoms with Crippen molar-refractivity contribution in [2.75, 3.05) is 27.2 Å². The molecule has 0 aliphatic carbocycles. The summed E-state index contributed by atoms with van der Waals surface area (Å²) in [7, 11) is 4.07. The SMILES string of the molecule is C=C(C)C(=O)N(CCCN(C)C)Cc1cccnc1. The molecule has 0 fully saturated rings. The Kier molecular flexibility index (Phi) is 6.22. The summed E-state index contributed by atoms with van der Waals surface area (Å²) in [6, 6.07) is 3.87. The van der Waals surface area contributed by atoms with E-state index in [1.165, 1.54) is 0 Å². The molecule has 0 unspecified atom stereocenters. The predicted octanol–water partition coefficient (Wildman–Crippen LogP) is 1.94. The monoisotopic (exact) mass is 261 g/mol. The van der Waals surface area contributed by atoms with Crippen molar-refractivity contribution in [3.63, 3.8) is 0 Å². The highest BCUT2D eigenvalue weighted by atomic mass is 16.2. The molecule has 104 valence electrons. The molecular weight excluding hydrogens is 238 g/mol. The lowest BCUT2D eigenvalue weighted by Crippen LogP contribution is -2.33. The number of carbonyl (C=O) groups excluding carboxylic acids is 1. The van der Waals surface area contributed by atoms with Crippen molar-refractivity contribution < 1.29 is 4.79 Å². The molecule has 4 nitrogen and oxygen atoms in total. The van der Waals surface area contributed by atoms with Crippen LogP contribution in [-0.4, -0.2) is 47.9 Å². The van der Waals surface area contributed by atoms with Crippen molar-refractivity contribution in [1.29, 1.82) is 0 Å². The van der Waals surface area contributed by atoms with Gasteiger partial charge in [-0.1, -0.05) is 12.6 Å². The molecule has 1 heterocycles. The number of hydrogen-bond acceptors (Lipinski definition) is 3. The Labute approximate surface area is 115 Å². The van der Waals surface area contributed by atoms with Gasteiger partial charge >= 0.3 is 0 Å². The summed E-state index contributed by atoms with van der Waals surface area (Å²) in [6.07, 6.45) is 4.48. The molecule has 0 saturated carbocycles. The lowest BCUT2D eigenvalue weighted by atomic mass is 10.2. The Morgan fingerprint density at radius 2 is 2.11 bits per heavy atom. The molecule has 0 N–H and O–H groups in total. The molecule has 1 rings (SSSR count). The van der Waals surface area contributed by atoms with E-state index in [0.29, 0.717) is 12.1 Å². The van der Waals surface area contributed by atoms with Gasteiger partial charge in [0.1, 0.15) is 0 Å². The normalized spacial score (nSPS) is 10.5. The summed E-state index contributed by atoms with van der Waals surface area (Å²) >= 11 is 0. The van der Waals surface area contributed by atoms with Gasteiger partial charge in [-0.15, -0.1) is 0 Å². The summed E-state index contributed by atoms with van der Waals surface area (Å²) in [6.45, 7) is 7.79. The van der Waals surface area contributed by atoms with E-state index in [-0.39, 0.29) is 5.91 Å². The number of hydrogen-bond donors (Lipinski definition) is 0. The van der Waals surface area contributed by atoms with Gasteiger partial charge in [-0.2, -0.15) is 0 Å². The van der Waals surface area contributed by atoms with Crippen molar-refractivity contribution in [1.82, 2.24) is 14.8 Å². The second-order valence-electron chi connectivity index (χ2n) is 5.03. The van der Waals surface area contributed by atoms with Crippen molar-refractivity contribution in [2.45, 2.75) is 19.9 Å². The molecule has 4 heteroatoms. The number of nitrogens with zero attached hydrogens (tertiary/aromatic N) is 3. The molecule has 0 aliphatic heterocycles. The Morgan fingerprint density at radius 3 is 2.63 bits per heavy atom. The minimum Gasteiger partial charge on any atom is -0.335 e. The van der Waals surface area contributed by atoms with Gasteiger partial charge in [-0.3, -0.25) is 9.78 Å². The second-order valence-corrected chi connectivity index (χ2v) is 5.03. The second kappa shape index (κ2) is 7.69. The van der Waals surface area contributed by atoms with Crippen molar-refractivity contribution in [3.8, 4) is 0 Å². The fraction of sp³-hybridized carbons (Fsp3) is 0.467. The first-order chi connectivity index (χ1) is 9.00. The van der Waals surface area contributed by atoms with Gasteiger partial charge in [0.05, 0.1) is 0 Å². The molecule has 1 aromatic heterocycles. The van der Waals surface area contributed by atoms with E-state index >= 15 is 0 Å². The van der Waals surface area contributed by atoms with E-state index in [4.69, 9.17) is 0 Å². The zero-order valence-electron chi connectivity index (χ0n) is 12.1. The van der Waals surface area contributed by atoms with Gasteiger partial charge in [-0.25, -0.2) is 0 Å². The zero-order chi connectivity index (χ0) is 14.3. The van der Waals surface area contributed by atoms with E-state index in [0.717, 1.165) is 25.1 Å². The van der Waals surface area contributed by atoms with E-state index in [1.807, 2.05) is 31.1 Å². The summed E-state index contributed by atoms with van der Waals surface area (Å²) in [4.78, 5) is 20.2. The van der Waals surface area contributed by atoms with Crippen LogP contribution in [0.4, 0.5) is 0 Å².